The maximum Gasteiger partial charge on any atom is 0.0702 e. The Bertz CT molecular complexity index is 215. The number of hydrogen-bond donors (Lipinski definition) is 1. The van der Waals surface area contributed by atoms with Crippen molar-refractivity contribution in [3.05, 3.63) is 0 Å². The van der Waals surface area contributed by atoms with Crippen LogP contribution in [0.4, 0.5) is 0 Å². The first kappa shape index (κ1) is 14.3. The van der Waals surface area contributed by atoms with Crippen LogP contribution >= 0.6 is 0 Å². The molecule has 18 heavy (non-hydrogen) atoms. The first-order valence-electron chi connectivity index (χ1n) is 7.96. The molecular weight excluding hydrogens is 224 g/mol. The number of nitrogens with one attached hydrogen (secondary N) is 1. The van der Waals surface area contributed by atoms with Crippen molar-refractivity contribution in [3.63, 3.8) is 0 Å². The molecule has 1 atom stereocenters. The first-order chi connectivity index (χ1) is 8.88. The van der Waals surface area contributed by atoms with Gasteiger partial charge in [0, 0.05) is 32.3 Å². The van der Waals surface area contributed by atoms with Crippen molar-refractivity contribution in [3.8, 4) is 0 Å². The summed E-state index contributed by atoms with van der Waals surface area (Å²) in [5.74, 6) is 0. The molecular formula is C15H30N2O. The highest BCUT2D eigenvalue weighted by Gasteiger charge is 2.20. The van der Waals surface area contributed by atoms with Gasteiger partial charge in [-0.05, 0) is 39.2 Å². The lowest BCUT2D eigenvalue weighted by Crippen LogP contribution is -2.44. The molecule has 2 fully saturated rings. The van der Waals surface area contributed by atoms with Crippen LogP contribution in [0.1, 0.15) is 51.9 Å². The second-order valence-corrected chi connectivity index (χ2v) is 5.81. The minimum absolute atomic E-state index is 0.485. The Kier molecular flexibility index (Phi) is 6.46. The van der Waals surface area contributed by atoms with Gasteiger partial charge in [-0.15, -0.1) is 0 Å². The van der Waals surface area contributed by atoms with E-state index in [0.29, 0.717) is 6.10 Å². The summed E-state index contributed by atoms with van der Waals surface area (Å²) in [4.78, 5) is 2.57. The fourth-order valence-electron chi connectivity index (χ4n) is 3.32. The summed E-state index contributed by atoms with van der Waals surface area (Å²) < 4.78 is 5.75. The van der Waals surface area contributed by atoms with Gasteiger partial charge in [-0.25, -0.2) is 0 Å². The zero-order valence-electron chi connectivity index (χ0n) is 12.0. The van der Waals surface area contributed by atoms with Crippen molar-refractivity contribution in [2.75, 3.05) is 32.8 Å². The second kappa shape index (κ2) is 8.13. The molecule has 1 heterocycles. The molecule has 1 N–H and O–H groups in total. The quantitative estimate of drug-likeness (QED) is 0.788. The summed E-state index contributed by atoms with van der Waals surface area (Å²) in [5, 5.41) is 3.73. The highest BCUT2D eigenvalue weighted by atomic mass is 16.5. The minimum Gasteiger partial charge on any atom is -0.377 e. The third-order valence-electron chi connectivity index (χ3n) is 4.33. The number of rotatable bonds is 6. The first-order valence-corrected chi connectivity index (χ1v) is 7.96. The maximum atomic E-state index is 5.75. The molecule has 0 bridgehead atoms. The summed E-state index contributed by atoms with van der Waals surface area (Å²) in [7, 11) is 0. The molecule has 0 radical (unpaired) electrons. The van der Waals surface area contributed by atoms with Crippen LogP contribution < -0.4 is 5.32 Å². The monoisotopic (exact) mass is 254 g/mol. The molecule has 1 saturated heterocycles. The third-order valence-corrected chi connectivity index (χ3v) is 4.33. The SMILES string of the molecule is CCOC1CCCN(CCNC2CCCCC2)C1. The lowest BCUT2D eigenvalue weighted by atomic mass is 9.95. The Morgan fingerprint density at radius 2 is 1.94 bits per heavy atom. The van der Waals surface area contributed by atoms with E-state index in [0.717, 1.165) is 25.7 Å². The lowest BCUT2D eigenvalue weighted by Gasteiger charge is -2.33. The molecule has 0 aromatic heterocycles. The predicted octanol–water partition coefficient (Wildman–Crippen LogP) is 2.41. The molecule has 1 aliphatic carbocycles. The fraction of sp³-hybridized carbons (Fsp3) is 1.00. The van der Waals surface area contributed by atoms with E-state index in [1.54, 1.807) is 0 Å². The molecule has 1 saturated carbocycles. The molecule has 3 heteroatoms. The van der Waals surface area contributed by atoms with Crippen LogP contribution in [-0.2, 0) is 4.74 Å². The Hall–Kier alpha value is -0.120. The number of likely N-dealkylation sites (tertiary alicyclic amines) is 1. The molecule has 3 nitrogen and oxygen atoms in total. The second-order valence-electron chi connectivity index (χ2n) is 5.81. The number of ether oxygens (including phenoxy) is 1. The van der Waals surface area contributed by atoms with Crippen molar-refractivity contribution >= 4 is 0 Å². The van der Waals surface area contributed by atoms with Crippen LogP contribution in [0.3, 0.4) is 0 Å². The summed E-state index contributed by atoms with van der Waals surface area (Å²) >= 11 is 0. The van der Waals surface area contributed by atoms with Gasteiger partial charge in [0.05, 0.1) is 6.10 Å². The van der Waals surface area contributed by atoms with Crippen molar-refractivity contribution < 1.29 is 4.74 Å². The standard InChI is InChI=1S/C15H30N2O/c1-2-18-15-9-6-11-17(13-15)12-10-16-14-7-4-3-5-8-14/h14-16H,2-13H2,1H3. The Morgan fingerprint density at radius 1 is 1.11 bits per heavy atom. The van der Waals surface area contributed by atoms with Crippen LogP contribution in [0.15, 0.2) is 0 Å². The normalized spacial score (nSPS) is 27.5. The van der Waals surface area contributed by atoms with Crippen molar-refractivity contribution in [2.45, 2.75) is 64.0 Å². The highest BCUT2D eigenvalue weighted by Crippen LogP contribution is 2.17. The van der Waals surface area contributed by atoms with E-state index in [4.69, 9.17) is 4.74 Å². The van der Waals surface area contributed by atoms with Gasteiger partial charge in [0.2, 0.25) is 0 Å². The Balaban J connectivity index is 1.57. The minimum atomic E-state index is 0.485. The van der Waals surface area contributed by atoms with Gasteiger partial charge >= 0.3 is 0 Å². The third kappa shape index (κ3) is 4.87. The van der Waals surface area contributed by atoms with E-state index in [9.17, 15) is 0 Å². The Labute approximate surface area is 112 Å². The van der Waals surface area contributed by atoms with Gasteiger partial charge in [-0.1, -0.05) is 19.3 Å². The molecule has 0 amide bonds. The lowest BCUT2D eigenvalue weighted by molar-refractivity contribution is 0.00614. The fourth-order valence-corrected chi connectivity index (χ4v) is 3.32. The summed E-state index contributed by atoms with van der Waals surface area (Å²) in [6.07, 6.45) is 10.1. The maximum absolute atomic E-state index is 5.75. The molecule has 2 rings (SSSR count). The predicted molar refractivity (Wildman–Crippen MR) is 76.0 cm³/mol. The number of hydrogen-bond acceptors (Lipinski definition) is 3. The van der Waals surface area contributed by atoms with E-state index >= 15 is 0 Å². The van der Waals surface area contributed by atoms with E-state index < -0.39 is 0 Å². The van der Waals surface area contributed by atoms with Gasteiger partial charge in [-0.3, -0.25) is 4.90 Å². The largest absolute Gasteiger partial charge is 0.377 e. The number of nitrogens with zero attached hydrogens (tertiary/aromatic N) is 1. The van der Waals surface area contributed by atoms with Crippen LogP contribution in [0, 0.1) is 0 Å². The molecule has 0 spiro atoms. The molecule has 0 aromatic carbocycles. The summed E-state index contributed by atoms with van der Waals surface area (Å²) in [6, 6.07) is 0.797. The molecule has 1 unspecified atom stereocenters. The highest BCUT2D eigenvalue weighted by molar-refractivity contribution is 4.76. The summed E-state index contributed by atoms with van der Waals surface area (Å²) in [6.45, 7) is 7.71. The van der Waals surface area contributed by atoms with Crippen molar-refractivity contribution in [1.29, 1.82) is 0 Å². The van der Waals surface area contributed by atoms with Crippen LogP contribution in [0.2, 0.25) is 0 Å². The van der Waals surface area contributed by atoms with E-state index in [1.165, 1.54) is 58.0 Å². The van der Waals surface area contributed by atoms with Gasteiger partial charge in [-0.2, -0.15) is 0 Å². The molecule has 1 aliphatic heterocycles. The van der Waals surface area contributed by atoms with Crippen molar-refractivity contribution in [1.82, 2.24) is 10.2 Å². The average molecular weight is 254 g/mol. The van der Waals surface area contributed by atoms with Crippen molar-refractivity contribution in [2.24, 2.45) is 0 Å². The summed E-state index contributed by atoms with van der Waals surface area (Å²) in [5.41, 5.74) is 0. The van der Waals surface area contributed by atoms with Gasteiger partial charge in [0.1, 0.15) is 0 Å². The van der Waals surface area contributed by atoms with Crippen LogP contribution in [0.5, 0.6) is 0 Å². The molecule has 0 aromatic rings. The van der Waals surface area contributed by atoms with E-state index in [2.05, 4.69) is 17.1 Å². The molecule has 106 valence electrons. The van der Waals surface area contributed by atoms with Gasteiger partial charge in [0.25, 0.3) is 0 Å². The zero-order valence-corrected chi connectivity index (χ0v) is 12.0. The Morgan fingerprint density at radius 3 is 2.72 bits per heavy atom. The smallest absolute Gasteiger partial charge is 0.0702 e. The number of piperidine rings is 1. The molecule has 2 aliphatic rings. The van der Waals surface area contributed by atoms with Crippen LogP contribution in [-0.4, -0.2) is 49.8 Å². The topological polar surface area (TPSA) is 24.5 Å². The zero-order chi connectivity index (χ0) is 12.6. The van der Waals surface area contributed by atoms with Crippen LogP contribution in [0.25, 0.3) is 0 Å². The van der Waals surface area contributed by atoms with Gasteiger partial charge < -0.3 is 10.1 Å². The van der Waals surface area contributed by atoms with E-state index in [1.807, 2.05) is 0 Å². The van der Waals surface area contributed by atoms with E-state index in [-0.39, 0.29) is 0 Å². The van der Waals surface area contributed by atoms with Gasteiger partial charge in [0.15, 0.2) is 0 Å². The average Bonchev–Trinajstić information content (AvgIpc) is 2.41.